The van der Waals surface area contributed by atoms with E-state index in [-0.39, 0.29) is 29.8 Å². The quantitative estimate of drug-likeness (QED) is 0.152. The van der Waals surface area contributed by atoms with E-state index in [1.807, 2.05) is 66.7 Å². The largest absolute Gasteiger partial charge is 0.352 e. The molecule has 4 aromatic carbocycles. The minimum Gasteiger partial charge on any atom is -0.352 e. The Hall–Kier alpha value is -3.22. The lowest BCUT2D eigenvalue weighted by Gasteiger charge is -2.35. The molecule has 2 amide bonds. The van der Waals surface area contributed by atoms with Crippen LogP contribution >= 0.6 is 38.5 Å². The predicted octanol–water partition coefficient (Wildman–Crippen LogP) is 7.34. The van der Waals surface area contributed by atoms with Gasteiger partial charge in [0.05, 0.1) is 10.6 Å². The number of amides is 2. The van der Waals surface area contributed by atoms with Gasteiger partial charge in [0.25, 0.3) is 10.0 Å². The monoisotopic (exact) mass is 813 g/mol. The molecule has 1 N–H and O–H groups in total. The van der Waals surface area contributed by atoms with Crippen molar-refractivity contribution in [3.8, 4) is 0 Å². The number of anilines is 1. The van der Waals surface area contributed by atoms with Crippen LogP contribution in [-0.2, 0) is 32.6 Å². The van der Waals surface area contributed by atoms with Gasteiger partial charge in [-0.15, -0.1) is 0 Å². The Labute approximate surface area is 293 Å². The molecule has 1 atom stereocenters. The average Bonchev–Trinajstić information content (AvgIpc) is 3.07. The molecule has 0 heterocycles. The van der Waals surface area contributed by atoms with Crippen molar-refractivity contribution in [3.05, 3.63) is 128 Å². The Morgan fingerprint density at radius 3 is 2.11 bits per heavy atom. The molecule has 0 spiro atoms. The topological polar surface area (TPSA) is 86.8 Å². The minimum absolute atomic E-state index is 0.0455. The lowest BCUT2D eigenvalue weighted by molar-refractivity contribution is -0.140. The van der Waals surface area contributed by atoms with Crippen molar-refractivity contribution in [1.82, 2.24) is 10.2 Å². The van der Waals surface area contributed by atoms with E-state index in [1.165, 1.54) is 12.1 Å². The zero-order valence-corrected chi connectivity index (χ0v) is 30.0. The van der Waals surface area contributed by atoms with Crippen molar-refractivity contribution in [1.29, 1.82) is 0 Å². The molecule has 1 fully saturated rings. The number of nitrogens with one attached hydrogen (secondary N) is 1. The maximum Gasteiger partial charge on any atom is 0.264 e. The normalized spacial score (nSPS) is 14.3. The van der Waals surface area contributed by atoms with Gasteiger partial charge >= 0.3 is 0 Å². The molecule has 0 aromatic heterocycles. The number of sulfonamides is 1. The molecule has 0 aliphatic heterocycles. The summed E-state index contributed by atoms with van der Waals surface area (Å²) in [5.41, 5.74) is 2.09. The zero-order chi connectivity index (χ0) is 32.5. The highest BCUT2D eigenvalue weighted by Gasteiger charge is 2.35. The van der Waals surface area contributed by atoms with E-state index in [2.05, 4.69) is 43.8 Å². The van der Waals surface area contributed by atoms with Gasteiger partial charge in [-0.3, -0.25) is 13.9 Å². The van der Waals surface area contributed by atoms with Gasteiger partial charge in [-0.25, -0.2) is 8.42 Å². The van der Waals surface area contributed by atoms with Crippen LogP contribution in [-0.4, -0.2) is 43.8 Å². The third kappa shape index (κ3) is 8.98. The SMILES string of the molecule is O=C(NC1CCCCC1)[C@H](Cc1ccccc1)N(Cc1cccc(Br)c1)C(=O)CN(c1ccc(I)cc1)S(=O)(=O)c1ccccc1. The molecule has 1 aliphatic rings. The first-order valence-corrected chi connectivity index (χ1v) is 18.7. The van der Waals surface area contributed by atoms with Gasteiger partial charge in [0.2, 0.25) is 11.8 Å². The molecule has 0 radical (unpaired) electrons. The van der Waals surface area contributed by atoms with Crippen LogP contribution < -0.4 is 9.62 Å². The third-order valence-electron chi connectivity index (χ3n) is 8.19. The number of hydrogen-bond donors (Lipinski definition) is 1. The minimum atomic E-state index is -4.13. The van der Waals surface area contributed by atoms with Gasteiger partial charge in [0, 0.05) is 27.1 Å². The Kier molecular flexibility index (Phi) is 11.9. The maximum atomic E-state index is 14.6. The number of benzene rings is 4. The molecule has 7 nitrogen and oxygen atoms in total. The van der Waals surface area contributed by atoms with Crippen LogP contribution in [0.2, 0.25) is 0 Å². The lowest BCUT2D eigenvalue weighted by atomic mass is 9.94. The smallest absolute Gasteiger partial charge is 0.264 e. The van der Waals surface area contributed by atoms with Gasteiger partial charge < -0.3 is 10.2 Å². The fraction of sp³-hybridized carbons (Fsp3) is 0.278. The van der Waals surface area contributed by atoms with Crippen molar-refractivity contribution in [2.75, 3.05) is 10.8 Å². The second-order valence-corrected chi connectivity index (χ2v) is 15.5. The Bertz CT molecular complexity index is 1720. The van der Waals surface area contributed by atoms with Gasteiger partial charge in [0.1, 0.15) is 12.6 Å². The molecule has 4 aromatic rings. The van der Waals surface area contributed by atoms with Gasteiger partial charge in [-0.05, 0) is 95.1 Å². The summed E-state index contributed by atoms with van der Waals surface area (Å²) in [4.78, 5) is 30.4. The molecule has 10 heteroatoms. The fourth-order valence-corrected chi connectivity index (χ4v) is 8.03. The van der Waals surface area contributed by atoms with Gasteiger partial charge in [-0.2, -0.15) is 0 Å². The number of halogens is 2. The third-order valence-corrected chi connectivity index (χ3v) is 11.2. The van der Waals surface area contributed by atoms with Gasteiger partial charge in [0.15, 0.2) is 0 Å². The van der Waals surface area contributed by atoms with E-state index in [1.54, 1.807) is 35.2 Å². The summed E-state index contributed by atoms with van der Waals surface area (Å²) in [6, 6.07) is 31.5. The molecule has 0 unspecified atom stereocenters. The van der Waals surface area contributed by atoms with Crippen LogP contribution in [0.25, 0.3) is 0 Å². The highest BCUT2D eigenvalue weighted by Crippen LogP contribution is 2.26. The maximum absolute atomic E-state index is 14.6. The molecule has 240 valence electrons. The molecule has 1 aliphatic carbocycles. The van der Waals surface area contributed by atoms with Crippen molar-refractivity contribution < 1.29 is 18.0 Å². The van der Waals surface area contributed by atoms with Crippen molar-refractivity contribution in [3.63, 3.8) is 0 Å². The molecule has 1 saturated carbocycles. The van der Waals surface area contributed by atoms with Gasteiger partial charge in [-0.1, -0.05) is 95.9 Å². The van der Waals surface area contributed by atoms with E-state index < -0.39 is 28.5 Å². The summed E-state index contributed by atoms with van der Waals surface area (Å²) in [6.45, 7) is -0.354. The predicted molar refractivity (Wildman–Crippen MR) is 194 cm³/mol. The summed E-state index contributed by atoms with van der Waals surface area (Å²) in [5, 5.41) is 3.24. The Morgan fingerprint density at radius 2 is 1.46 bits per heavy atom. The summed E-state index contributed by atoms with van der Waals surface area (Å²) in [7, 11) is -4.13. The highest BCUT2D eigenvalue weighted by atomic mass is 127. The zero-order valence-electron chi connectivity index (χ0n) is 25.4. The van der Waals surface area contributed by atoms with Crippen LogP contribution in [0.1, 0.15) is 43.2 Å². The fourth-order valence-electron chi connectivity index (χ4n) is 5.79. The number of rotatable bonds is 12. The van der Waals surface area contributed by atoms with E-state index in [9.17, 15) is 18.0 Å². The second kappa shape index (κ2) is 16.1. The van der Waals surface area contributed by atoms with Crippen molar-refractivity contribution in [2.24, 2.45) is 0 Å². The van der Waals surface area contributed by atoms with E-state index in [4.69, 9.17) is 0 Å². The highest BCUT2D eigenvalue weighted by molar-refractivity contribution is 14.1. The summed E-state index contributed by atoms with van der Waals surface area (Å²) in [5.74, 6) is -0.705. The van der Waals surface area contributed by atoms with E-state index in [0.29, 0.717) is 5.69 Å². The number of nitrogens with zero attached hydrogens (tertiary/aromatic N) is 2. The first-order valence-electron chi connectivity index (χ1n) is 15.4. The van der Waals surface area contributed by atoms with Crippen LogP contribution in [0.3, 0.4) is 0 Å². The van der Waals surface area contributed by atoms with Crippen LogP contribution in [0, 0.1) is 3.57 Å². The van der Waals surface area contributed by atoms with E-state index >= 15 is 0 Å². The average molecular weight is 815 g/mol. The van der Waals surface area contributed by atoms with Crippen molar-refractivity contribution in [2.45, 2.75) is 62.0 Å². The molecule has 46 heavy (non-hydrogen) atoms. The first-order chi connectivity index (χ1) is 22.2. The van der Waals surface area contributed by atoms with Crippen LogP contribution in [0.15, 0.2) is 119 Å². The van der Waals surface area contributed by atoms with Crippen LogP contribution in [0.5, 0.6) is 0 Å². The molecular formula is C36H37BrIN3O4S. The summed E-state index contributed by atoms with van der Waals surface area (Å²) >= 11 is 5.69. The molecule has 0 saturated heterocycles. The lowest BCUT2D eigenvalue weighted by Crippen LogP contribution is -2.55. The summed E-state index contributed by atoms with van der Waals surface area (Å²) in [6.07, 6.45) is 5.35. The molecular weight excluding hydrogens is 777 g/mol. The Morgan fingerprint density at radius 1 is 0.826 bits per heavy atom. The Balaban J connectivity index is 1.55. The second-order valence-electron chi connectivity index (χ2n) is 11.5. The van der Waals surface area contributed by atoms with Crippen molar-refractivity contribution >= 4 is 66.0 Å². The van der Waals surface area contributed by atoms with Crippen LogP contribution in [0.4, 0.5) is 5.69 Å². The first kappa shape index (κ1) is 34.1. The number of hydrogen-bond acceptors (Lipinski definition) is 4. The molecule has 0 bridgehead atoms. The van der Waals surface area contributed by atoms with E-state index in [0.717, 1.165) is 55.6 Å². The number of carbonyl (C=O) groups excluding carboxylic acids is 2. The summed E-state index contributed by atoms with van der Waals surface area (Å²) < 4.78 is 31.1. The number of carbonyl (C=O) groups is 2. The standard InChI is InChI=1S/C36H37BrIN3O4S/c37-29-14-10-13-28(23-29)25-40(34(24-27-11-4-1-5-12-27)36(43)39-31-15-6-2-7-16-31)35(42)26-41(32-21-19-30(38)20-22-32)46(44,45)33-17-8-3-9-18-33/h1,3-5,8-14,17-23,31,34H,2,6-7,15-16,24-26H2,(H,39,43)/t34-/m0/s1. The molecule has 5 rings (SSSR count).